The summed E-state index contributed by atoms with van der Waals surface area (Å²) >= 11 is 0. The van der Waals surface area contributed by atoms with Crippen molar-refractivity contribution in [2.24, 2.45) is 0 Å². The van der Waals surface area contributed by atoms with Gasteiger partial charge < -0.3 is 10.2 Å². The van der Waals surface area contributed by atoms with Gasteiger partial charge in [-0.1, -0.05) is 67.6 Å². The Hall–Kier alpha value is -2.88. The maximum absolute atomic E-state index is 13.0. The summed E-state index contributed by atoms with van der Waals surface area (Å²) in [7, 11) is 0. The van der Waals surface area contributed by atoms with E-state index < -0.39 is 0 Å². The maximum Gasteiger partial charge on any atom is 0.250 e. The normalized spacial score (nSPS) is 17.0. The Morgan fingerprint density at radius 1 is 1.07 bits per heavy atom. The fourth-order valence-corrected chi connectivity index (χ4v) is 3.44. The van der Waals surface area contributed by atoms with Gasteiger partial charge >= 0.3 is 0 Å². The van der Waals surface area contributed by atoms with Crippen LogP contribution in [-0.2, 0) is 16.1 Å². The molecule has 27 heavy (non-hydrogen) atoms. The van der Waals surface area contributed by atoms with Gasteiger partial charge in [0.25, 0.3) is 0 Å². The Kier molecular flexibility index (Phi) is 6.42. The molecule has 2 amide bonds. The Balaban J connectivity index is 1.68. The van der Waals surface area contributed by atoms with Crippen LogP contribution in [0.25, 0.3) is 6.08 Å². The molecule has 1 atom stereocenters. The summed E-state index contributed by atoms with van der Waals surface area (Å²) in [5.41, 5.74) is 2.80. The quantitative estimate of drug-likeness (QED) is 0.795. The first-order valence-electron chi connectivity index (χ1n) is 9.57. The van der Waals surface area contributed by atoms with Crippen LogP contribution in [0.15, 0.2) is 66.2 Å². The monoisotopic (exact) mass is 362 g/mol. The molecule has 1 aliphatic rings. The minimum Gasteiger partial charge on any atom is -0.350 e. The molecule has 0 radical (unpaired) electrons. The SMILES string of the molecule is CC/C(=C\c1ccccc1)C(=O)N1CCC[C@H]1C(=O)NCc1ccccc1. The molecule has 0 bridgehead atoms. The van der Waals surface area contributed by atoms with E-state index in [1.54, 1.807) is 4.90 Å². The van der Waals surface area contributed by atoms with Crippen molar-refractivity contribution in [2.75, 3.05) is 6.54 Å². The number of hydrogen-bond donors (Lipinski definition) is 1. The fourth-order valence-electron chi connectivity index (χ4n) is 3.44. The average Bonchev–Trinajstić information content (AvgIpc) is 3.21. The Labute approximate surface area is 160 Å². The van der Waals surface area contributed by atoms with Gasteiger partial charge in [0.1, 0.15) is 6.04 Å². The van der Waals surface area contributed by atoms with Crippen LogP contribution in [0.4, 0.5) is 0 Å². The van der Waals surface area contributed by atoms with Crippen molar-refractivity contribution in [1.82, 2.24) is 10.2 Å². The number of amides is 2. The van der Waals surface area contributed by atoms with Gasteiger partial charge in [-0.3, -0.25) is 9.59 Å². The fraction of sp³-hybridized carbons (Fsp3) is 0.304. The van der Waals surface area contributed by atoms with E-state index in [1.165, 1.54) is 0 Å². The van der Waals surface area contributed by atoms with Crippen LogP contribution in [0, 0.1) is 0 Å². The molecular weight excluding hydrogens is 336 g/mol. The lowest BCUT2D eigenvalue weighted by molar-refractivity contribution is -0.135. The van der Waals surface area contributed by atoms with Crippen molar-refractivity contribution < 1.29 is 9.59 Å². The van der Waals surface area contributed by atoms with Gasteiger partial charge in [0.15, 0.2) is 0 Å². The molecule has 0 spiro atoms. The van der Waals surface area contributed by atoms with Crippen LogP contribution in [0.5, 0.6) is 0 Å². The lowest BCUT2D eigenvalue weighted by atomic mass is 10.1. The molecule has 0 saturated carbocycles. The highest BCUT2D eigenvalue weighted by molar-refractivity contribution is 6.00. The molecule has 140 valence electrons. The number of hydrogen-bond acceptors (Lipinski definition) is 2. The summed E-state index contributed by atoms with van der Waals surface area (Å²) in [6.07, 6.45) is 4.15. The zero-order chi connectivity index (χ0) is 19.1. The van der Waals surface area contributed by atoms with Crippen molar-refractivity contribution in [3.05, 3.63) is 77.4 Å². The van der Waals surface area contributed by atoms with Crippen LogP contribution < -0.4 is 5.32 Å². The zero-order valence-corrected chi connectivity index (χ0v) is 15.7. The lowest BCUT2D eigenvalue weighted by Crippen LogP contribution is -2.46. The number of nitrogens with one attached hydrogen (secondary N) is 1. The minimum absolute atomic E-state index is 0.0290. The standard InChI is InChI=1S/C23H26N2O2/c1-2-20(16-18-10-5-3-6-11-18)23(27)25-15-9-14-21(25)22(26)24-17-19-12-7-4-8-13-19/h3-8,10-13,16,21H,2,9,14-15,17H2,1H3,(H,24,26)/b20-16+/t21-/m0/s1. The van der Waals surface area contributed by atoms with Gasteiger partial charge in [0.05, 0.1) is 0 Å². The molecule has 0 unspecified atom stereocenters. The van der Waals surface area contributed by atoms with Crippen molar-refractivity contribution in [2.45, 2.75) is 38.8 Å². The minimum atomic E-state index is -0.382. The summed E-state index contributed by atoms with van der Waals surface area (Å²) in [6, 6.07) is 19.3. The second-order valence-electron chi connectivity index (χ2n) is 6.79. The van der Waals surface area contributed by atoms with E-state index in [1.807, 2.05) is 73.7 Å². The summed E-state index contributed by atoms with van der Waals surface area (Å²) in [5, 5.41) is 2.98. The highest BCUT2D eigenvalue weighted by atomic mass is 16.2. The highest BCUT2D eigenvalue weighted by Gasteiger charge is 2.34. The number of likely N-dealkylation sites (tertiary alicyclic amines) is 1. The third-order valence-electron chi connectivity index (χ3n) is 4.92. The zero-order valence-electron chi connectivity index (χ0n) is 15.7. The van der Waals surface area contributed by atoms with Gasteiger partial charge in [-0.05, 0) is 36.5 Å². The summed E-state index contributed by atoms with van der Waals surface area (Å²) in [6.45, 7) is 3.10. The second kappa shape index (κ2) is 9.17. The first kappa shape index (κ1) is 18.9. The number of benzene rings is 2. The molecule has 0 aliphatic carbocycles. The third kappa shape index (κ3) is 4.85. The molecule has 1 aliphatic heterocycles. The van der Waals surface area contributed by atoms with Crippen molar-refractivity contribution in [1.29, 1.82) is 0 Å². The predicted octanol–water partition coefficient (Wildman–Crippen LogP) is 3.79. The van der Waals surface area contributed by atoms with Gasteiger partial charge in [-0.2, -0.15) is 0 Å². The number of carbonyl (C=O) groups excluding carboxylic acids is 2. The molecular formula is C23H26N2O2. The Morgan fingerprint density at radius 2 is 1.74 bits per heavy atom. The van der Waals surface area contributed by atoms with Gasteiger partial charge in [-0.25, -0.2) is 0 Å². The van der Waals surface area contributed by atoms with Gasteiger partial charge in [0.2, 0.25) is 11.8 Å². The van der Waals surface area contributed by atoms with Crippen LogP contribution in [0.1, 0.15) is 37.3 Å². The Bertz CT molecular complexity index is 800. The van der Waals surface area contributed by atoms with E-state index in [0.29, 0.717) is 25.9 Å². The average molecular weight is 362 g/mol. The van der Waals surface area contributed by atoms with Gasteiger partial charge in [-0.15, -0.1) is 0 Å². The van der Waals surface area contributed by atoms with Crippen LogP contribution in [0.3, 0.4) is 0 Å². The van der Waals surface area contributed by atoms with Crippen molar-refractivity contribution in [3.8, 4) is 0 Å². The molecule has 2 aromatic rings. The first-order valence-corrected chi connectivity index (χ1v) is 9.57. The third-order valence-corrected chi connectivity index (χ3v) is 4.92. The molecule has 1 saturated heterocycles. The van der Waals surface area contributed by atoms with Gasteiger partial charge in [0, 0.05) is 18.7 Å². The molecule has 3 rings (SSSR count). The molecule has 2 aromatic carbocycles. The van der Waals surface area contributed by atoms with E-state index in [9.17, 15) is 9.59 Å². The van der Waals surface area contributed by atoms with Crippen LogP contribution in [0.2, 0.25) is 0 Å². The van der Waals surface area contributed by atoms with Crippen LogP contribution >= 0.6 is 0 Å². The number of rotatable bonds is 6. The van der Waals surface area contributed by atoms with E-state index in [2.05, 4.69) is 5.32 Å². The highest BCUT2D eigenvalue weighted by Crippen LogP contribution is 2.22. The lowest BCUT2D eigenvalue weighted by Gasteiger charge is -2.25. The van der Waals surface area contributed by atoms with E-state index in [4.69, 9.17) is 0 Å². The smallest absolute Gasteiger partial charge is 0.250 e. The van der Waals surface area contributed by atoms with E-state index in [-0.39, 0.29) is 17.9 Å². The topological polar surface area (TPSA) is 49.4 Å². The van der Waals surface area contributed by atoms with Crippen LogP contribution in [-0.4, -0.2) is 29.3 Å². The molecule has 1 fully saturated rings. The molecule has 1 heterocycles. The van der Waals surface area contributed by atoms with Crippen molar-refractivity contribution in [3.63, 3.8) is 0 Å². The molecule has 1 N–H and O–H groups in total. The summed E-state index contributed by atoms with van der Waals surface area (Å²) in [4.78, 5) is 27.5. The predicted molar refractivity (Wildman–Crippen MR) is 108 cm³/mol. The molecule has 4 heteroatoms. The molecule has 4 nitrogen and oxygen atoms in total. The van der Waals surface area contributed by atoms with Crippen molar-refractivity contribution >= 4 is 17.9 Å². The Morgan fingerprint density at radius 3 is 2.41 bits per heavy atom. The molecule has 0 aromatic heterocycles. The second-order valence-corrected chi connectivity index (χ2v) is 6.79. The summed E-state index contributed by atoms with van der Waals surface area (Å²) < 4.78 is 0. The van der Waals surface area contributed by atoms with E-state index >= 15 is 0 Å². The largest absolute Gasteiger partial charge is 0.350 e. The van der Waals surface area contributed by atoms with E-state index in [0.717, 1.165) is 23.1 Å². The first-order chi connectivity index (χ1) is 13.2. The number of nitrogens with zero attached hydrogens (tertiary/aromatic N) is 1. The maximum atomic E-state index is 13.0. The number of carbonyl (C=O) groups is 2. The summed E-state index contributed by atoms with van der Waals surface area (Å²) in [5.74, 6) is -0.0985.